The van der Waals surface area contributed by atoms with Crippen molar-refractivity contribution in [1.82, 2.24) is 14.9 Å². The summed E-state index contributed by atoms with van der Waals surface area (Å²) >= 11 is 0. The molecule has 140 valence electrons. The number of aryl methyl sites for hydroxylation is 1. The smallest absolute Gasteiger partial charge is 0.253 e. The number of hydrogen-bond acceptors (Lipinski definition) is 3. The van der Waals surface area contributed by atoms with E-state index in [0.29, 0.717) is 6.54 Å². The molecule has 1 saturated carbocycles. The zero-order chi connectivity index (χ0) is 19.1. The predicted octanol–water partition coefficient (Wildman–Crippen LogP) is 3.48. The van der Waals surface area contributed by atoms with Crippen molar-refractivity contribution in [2.75, 3.05) is 7.11 Å². The summed E-state index contributed by atoms with van der Waals surface area (Å²) in [7, 11) is 1.74. The quantitative estimate of drug-likeness (QED) is 0.893. The molecule has 5 nitrogen and oxygen atoms in total. The van der Waals surface area contributed by atoms with Gasteiger partial charge >= 0.3 is 0 Å². The highest BCUT2D eigenvalue weighted by Crippen LogP contribution is 2.51. The molecule has 2 heterocycles. The Morgan fingerprint density at radius 2 is 2.08 bits per heavy atom. The van der Waals surface area contributed by atoms with Crippen LogP contribution in [0.15, 0.2) is 30.5 Å². The molecule has 0 aliphatic heterocycles. The van der Waals surface area contributed by atoms with Crippen molar-refractivity contribution in [3.8, 4) is 0 Å². The van der Waals surface area contributed by atoms with Gasteiger partial charge in [-0.25, -0.2) is 0 Å². The number of aromatic nitrogens is 2. The van der Waals surface area contributed by atoms with E-state index in [1.165, 1.54) is 0 Å². The number of ether oxygens (including phenoxy) is 1. The van der Waals surface area contributed by atoms with E-state index >= 15 is 0 Å². The van der Waals surface area contributed by atoms with Gasteiger partial charge in [0.05, 0.1) is 23.4 Å². The molecule has 0 saturated heterocycles. The van der Waals surface area contributed by atoms with Crippen LogP contribution in [0.5, 0.6) is 0 Å². The lowest BCUT2D eigenvalue weighted by molar-refractivity contribution is -0.177. The van der Waals surface area contributed by atoms with Crippen LogP contribution in [0, 0.1) is 19.3 Å². The maximum Gasteiger partial charge on any atom is 0.253 e. The number of nitrogens with zero attached hydrogens (tertiary/aromatic N) is 2. The zero-order valence-corrected chi connectivity index (χ0v) is 16.6. The van der Waals surface area contributed by atoms with Crippen molar-refractivity contribution < 1.29 is 9.53 Å². The van der Waals surface area contributed by atoms with Gasteiger partial charge < -0.3 is 14.6 Å². The van der Waals surface area contributed by atoms with Crippen molar-refractivity contribution >= 4 is 5.91 Å². The molecule has 0 spiro atoms. The van der Waals surface area contributed by atoms with Crippen LogP contribution in [0.4, 0.5) is 0 Å². The molecule has 1 aliphatic rings. The number of pyridine rings is 1. The lowest BCUT2D eigenvalue weighted by atomic mass is 9.56. The van der Waals surface area contributed by atoms with E-state index in [1.807, 2.05) is 38.1 Å². The number of rotatable bonds is 5. The van der Waals surface area contributed by atoms with E-state index in [-0.39, 0.29) is 23.0 Å². The molecule has 3 rings (SSSR count). The fraction of sp³-hybridized carbons (Fsp3) is 0.524. The number of carbonyl (C=O) groups is 1. The summed E-state index contributed by atoms with van der Waals surface area (Å²) in [4.78, 5) is 17.3. The van der Waals surface area contributed by atoms with Gasteiger partial charge in [-0.05, 0) is 45.4 Å². The second-order valence-corrected chi connectivity index (χ2v) is 8.08. The minimum Gasteiger partial charge on any atom is -0.378 e. The molecule has 2 aromatic heterocycles. The molecule has 2 aromatic rings. The molecule has 0 unspecified atom stereocenters. The molecule has 1 amide bonds. The van der Waals surface area contributed by atoms with Crippen LogP contribution in [-0.4, -0.2) is 34.2 Å². The summed E-state index contributed by atoms with van der Waals surface area (Å²) in [6.45, 7) is 11.1. The molecule has 1 aliphatic carbocycles. The monoisotopic (exact) mass is 355 g/mol. The average Bonchev–Trinajstić information content (AvgIpc) is 2.90. The third-order valence-corrected chi connectivity index (χ3v) is 6.45. The Morgan fingerprint density at radius 1 is 1.35 bits per heavy atom. The second kappa shape index (κ2) is 6.54. The third-order valence-electron chi connectivity index (χ3n) is 6.45. The SMILES string of the molecule is CO[C@]1(C)C[C@H](NC(=O)c2cc(C)n(Cc3ccccn3)c2C)C1(C)C. The zero-order valence-electron chi connectivity index (χ0n) is 16.6. The fourth-order valence-electron chi connectivity index (χ4n) is 3.89. The van der Waals surface area contributed by atoms with Crippen molar-refractivity contribution in [3.05, 3.63) is 53.1 Å². The van der Waals surface area contributed by atoms with Crippen LogP contribution in [0.1, 0.15) is 54.6 Å². The standard InChI is InChI=1S/C21H29N3O2/c1-14-11-17(15(2)24(14)13-16-9-7-8-10-22-16)19(25)23-18-12-21(5,26-6)20(18,3)4/h7-11,18H,12-13H2,1-6H3,(H,23,25)/t18-,21+/m0/s1. The number of amides is 1. The van der Waals surface area contributed by atoms with Crippen LogP contribution in [0.2, 0.25) is 0 Å². The summed E-state index contributed by atoms with van der Waals surface area (Å²) in [6.07, 6.45) is 2.62. The van der Waals surface area contributed by atoms with E-state index in [1.54, 1.807) is 13.3 Å². The summed E-state index contributed by atoms with van der Waals surface area (Å²) in [6, 6.07) is 7.97. The van der Waals surface area contributed by atoms with Crippen molar-refractivity contribution in [2.24, 2.45) is 5.41 Å². The Labute approximate surface area is 155 Å². The fourth-order valence-corrected chi connectivity index (χ4v) is 3.89. The van der Waals surface area contributed by atoms with Gasteiger partial charge in [0, 0.05) is 36.2 Å². The van der Waals surface area contributed by atoms with E-state index in [0.717, 1.165) is 29.1 Å². The average molecular weight is 355 g/mol. The number of carbonyl (C=O) groups excluding carboxylic acids is 1. The number of nitrogens with one attached hydrogen (secondary N) is 1. The highest BCUT2D eigenvalue weighted by Gasteiger charge is 2.58. The lowest BCUT2D eigenvalue weighted by Gasteiger charge is -2.59. The van der Waals surface area contributed by atoms with Gasteiger partial charge in [-0.2, -0.15) is 0 Å². The van der Waals surface area contributed by atoms with E-state index in [4.69, 9.17) is 4.74 Å². The van der Waals surface area contributed by atoms with Crippen LogP contribution in [0.25, 0.3) is 0 Å². The van der Waals surface area contributed by atoms with Gasteiger partial charge in [0.25, 0.3) is 5.91 Å². The third kappa shape index (κ3) is 2.94. The molecule has 1 N–H and O–H groups in total. The molecule has 1 fully saturated rings. The molecule has 26 heavy (non-hydrogen) atoms. The first-order chi connectivity index (χ1) is 12.2. The highest BCUT2D eigenvalue weighted by atomic mass is 16.5. The minimum atomic E-state index is -0.194. The molecule has 0 radical (unpaired) electrons. The Morgan fingerprint density at radius 3 is 2.65 bits per heavy atom. The van der Waals surface area contributed by atoms with Gasteiger partial charge in [-0.1, -0.05) is 19.9 Å². The Hall–Kier alpha value is -2.14. The molecule has 0 aromatic carbocycles. The maximum atomic E-state index is 12.9. The largest absolute Gasteiger partial charge is 0.378 e. The first-order valence-electron chi connectivity index (χ1n) is 9.12. The maximum absolute atomic E-state index is 12.9. The van der Waals surface area contributed by atoms with E-state index in [2.05, 4.69) is 35.6 Å². The summed E-state index contributed by atoms with van der Waals surface area (Å²) in [5.74, 6) is -0.0124. The van der Waals surface area contributed by atoms with E-state index in [9.17, 15) is 4.79 Å². The first kappa shape index (κ1) is 18.6. The van der Waals surface area contributed by atoms with Crippen molar-refractivity contribution in [3.63, 3.8) is 0 Å². The van der Waals surface area contributed by atoms with Gasteiger partial charge in [0.1, 0.15) is 0 Å². The van der Waals surface area contributed by atoms with Crippen LogP contribution < -0.4 is 5.32 Å². The minimum absolute atomic E-state index is 0.0124. The normalized spacial score (nSPS) is 24.2. The molecule has 2 atom stereocenters. The van der Waals surface area contributed by atoms with Gasteiger partial charge in [-0.15, -0.1) is 0 Å². The molecule has 0 bridgehead atoms. The van der Waals surface area contributed by atoms with Gasteiger partial charge in [0.15, 0.2) is 0 Å². The van der Waals surface area contributed by atoms with Crippen molar-refractivity contribution in [1.29, 1.82) is 0 Å². The van der Waals surface area contributed by atoms with Crippen LogP contribution >= 0.6 is 0 Å². The predicted molar refractivity (Wildman–Crippen MR) is 102 cm³/mol. The Balaban J connectivity index is 1.76. The molecule has 5 heteroatoms. The topological polar surface area (TPSA) is 56.1 Å². The Bertz CT molecular complexity index is 810. The number of methoxy groups -OCH3 is 1. The first-order valence-corrected chi connectivity index (χ1v) is 9.12. The molecular formula is C21H29N3O2. The van der Waals surface area contributed by atoms with E-state index < -0.39 is 0 Å². The summed E-state index contributed by atoms with van der Waals surface area (Å²) in [5.41, 5.74) is 3.46. The van der Waals surface area contributed by atoms with Crippen LogP contribution in [0.3, 0.4) is 0 Å². The Kier molecular flexibility index (Phi) is 4.69. The second-order valence-electron chi connectivity index (χ2n) is 8.08. The van der Waals surface area contributed by atoms with Gasteiger partial charge in [0.2, 0.25) is 0 Å². The summed E-state index contributed by atoms with van der Waals surface area (Å²) < 4.78 is 7.80. The molecular weight excluding hydrogens is 326 g/mol. The summed E-state index contributed by atoms with van der Waals surface area (Å²) in [5, 5.41) is 3.21. The van der Waals surface area contributed by atoms with Gasteiger partial charge in [-0.3, -0.25) is 9.78 Å². The van der Waals surface area contributed by atoms with Crippen molar-refractivity contribution in [2.45, 2.75) is 59.2 Å². The highest BCUT2D eigenvalue weighted by molar-refractivity contribution is 5.96. The number of hydrogen-bond donors (Lipinski definition) is 1. The lowest BCUT2D eigenvalue weighted by Crippen LogP contribution is -2.68. The van der Waals surface area contributed by atoms with Crippen LogP contribution in [-0.2, 0) is 11.3 Å².